The molecule has 0 N–H and O–H groups in total. The summed E-state index contributed by atoms with van der Waals surface area (Å²) in [6, 6.07) is 0. The highest BCUT2D eigenvalue weighted by Gasteiger charge is 2.13. The van der Waals surface area contributed by atoms with E-state index < -0.39 is 14.5 Å². The van der Waals surface area contributed by atoms with Crippen LogP contribution in [0.3, 0.4) is 0 Å². The molecule has 0 aromatic rings. The molecule has 0 radical (unpaired) electrons. The molecular formula is C9H21AlO2. The lowest BCUT2D eigenvalue weighted by Gasteiger charge is -2.08. The summed E-state index contributed by atoms with van der Waals surface area (Å²) in [6.45, 7) is 9.05. The Morgan fingerprint density at radius 3 is 2.17 bits per heavy atom. The monoisotopic (exact) mass is 188 g/mol. The van der Waals surface area contributed by atoms with E-state index in [0.29, 0.717) is 0 Å². The van der Waals surface area contributed by atoms with Crippen LogP contribution in [0.2, 0.25) is 10.6 Å². The van der Waals surface area contributed by atoms with Gasteiger partial charge in [-0.2, -0.15) is 0 Å². The van der Waals surface area contributed by atoms with Crippen LogP contribution in [-0.2, 0) is 8.53 Å². The van der Waals surface area contributed by atoms with Crippen LogP contribution in [0.4, 0.5) is 0 Å². The maximum atomic E-state index is 5.75. The molecule has 0 atom stereocenters. The van der Waals surface area contributed by atoms with E-state index in [2.05, 4.69) is 13.8 Å². The van der Waals surface area contributed by atoms with Gasteiger partial charge in [-0.1, -0.05) is 24.4 Å². The molecule has 0 saturated carbocycles. The molecule has 3 heteroatoms. The van der Waals surface area contributed by atoms with Crippen molar-refractivity contribution >= 4 is 14.5 Å². The first kappa shape index (κ1) is 12.5. The summed E-state index contributed by atoms with van der Waals surface area (Å²) >= 11 is -0.799. The average Bonchev–Trinajstić information content (AvgIpc) is 2.11. The van der Waals surface area contributed by atoms with Crippen LogP contribution in [-0.4, -0.2) is 34.3 Å². The van der Waals surface area contributed by atoms with Crippen LogP contribution < -0.4 is 0 Å². The van der Waals surface area contributed by atoms with Gasteiger partial charge >= 0.3 is 14.5 Å². The summed E-state index contributed by atoms with van der Waals surface area (Å²) in [5.41, 5.74) is 0. The van der Waals surface area contributed by atoms with Gasteiger partial charge in [-0.15, -0.1) is 0 Å². The van der Waals surface area contributed by atoms with Gasteiger partial charge in [0.1, 0.15) is 0 Å². The van der Waals surface area contributed by atoms with Crippen LogP contribution in [0.15, 0.2) is 0 Å². The van der Waals surface area contributed by atoms with Crippen LogP contribution in [0.5, 0.6) is 0 Å². The molecule has 0 heterocycles. The third-order valence-electron chi connectivity index (χ3n) is 1.90. The number of hydrogen-bond acceptors (Lipinski definition) is 2. The van der Waals surface area contributed by atoms with Gasteiger partial charge in [-0.25, -0.2) is 0 Å². The van der Waals surface area contributed by atoms with Crippen molar-refractivity contribution in [2.45, 2.75) is 37.8 Å². The molecule has 72 valence electrons. The van der Waals surface area contributed by atoms with Crippen molar-refractivity contribution in [2.24, 2.45) is 0 Å². The molecule has 0 aromatic heterocycles. The van der Waals surface area contributed by atoms with Crippen molar-refractivity contribution in [3.05, 3.63) is 0 Å². The van der Waals surface area contributed by atoms with E-state index >= 15 is 0 Å². The van der Waals surface area contributed by atoms with E-state index in [4.69, 9.17) is 8.53 Å². The van der Waals surface area contributed by atoms with Gasteiger partial charge in [0.15, 0.2) is 0 Å². The lowest BCUT2D eigenvalue weighted by atomic mass is 10.5. The van der Waals surface area contributed by atoms with Crippen molar-refractivity contribution in [3.8, 4) is 0 Å². The zero-order valence-corrected chi connectivity index (χ0v) is 9.79. The molecule has 0 aliphatic carbocycles. The SMILES string of the molecule is CCOCCC[O][Al]([CH2]C)[CH2]C. The van der Waals surface area contributed by atoms with E-state index in [1.54, 1.807) is 0 Å². The fraction of sp³-hybridized carbons (Fsp3) is 1.00. The van der Waals surface area contributed by atoms with Crippen molar-refractivity contribution in [1.82, 2.24) is 0 Å². The second kappa shape index (κ2) is 9.54. The third-order valence-corrected chi connectivity index (χ3v) is 4.43. The van der Waals surface area contributed by atoms with Gasteiger partial charge in [0.05, 0.1) is 0 Å². The van der Waals surface area contributed by atoms with E-state index in [1.165, 1.54) is 10.6 Å². The maximum Gasteiger partial charge on any atom is 0.460 e. The van der Waals surface area contributed by atoms with Gasteiger partial charge in [-0.3, -0.25) is 0 Å². The second-order valence-electron chi connectivity index (χ2n) is 2.86. The highest BCUT2D eigenvalue weighted by atomic mass is 27.2. The standard InChI is InChI=1S/C5H11O2.2C2H5.Al/c1-2-7-5-3-4-6;2*1-2;/h2-5H2,1H3;2*1H2,2H3;/q-1;;;+1. The molecule has 0 fully saturated rings. The highest BCUT2D eigenvalue weighted by molar-refractivity contribution is 6.51. The molecule has 0 aromatic carbocycles. The summed E-state index contributed by atoms with van der Waals surface area (Å²) in [7, 11) is 0. The zero-order chi connectivity index (χ0) is 9.23. The largest absolute Gasteiger partial charge is 0.501 e. The average molecular weight is 188 g/mol. The van der Waals surface area contributed by atoms with Crippen LogP contribution >= 0.6 is 0 Å². The molecule has 0 saturated heterocycles. The molecular weight excluding hydrogens is 167 g/mol. The smallest absolute Gasteiger partial charge is 0.460 e. The quantitative estimate of drug-likeness (QED) is 0.430. The Kier molecular flexibility index (Phi) is 9.90. The van der Waals surface area contributed by atoms with Crippen molar-refractivity contribution in [2.75, 3.05) is 19.8 Å². The molecule has 0 aliphatic heterocycles. The number of ether oxygens (including phenoxy) is 1. The van der Waals surface area contributed by atoms with Gasteiger partial charge < -0.3 is 8.53 Å². The van der Waals surface area contributed by atoms with Crippen molar-refractivity contribution in [1.29, 1.82) is 0 Å². The first-order valence-corrected chi connectivity index (χ1v) is 7.14. The molecule has 0 bridgehead atoms. The first-order chi connectivity index (χ1) is 5.85. The fourth-order valence-electron chi connectivity index (χ4n) is 1.08. The predicted octanol–water partition coefficient (Wildman–Crippen LogP) is 2.46. The molecule has 0 rings (SSSR count). The van der Waals surface area contributed by atoms with Gasteiger partial charge in [0, 0.05) is 19.8 Å². The van der Waals surface area contributed by atoms with E-state index in [0.717, 1.165) is 26.2 Å². The highest BCUT2D eigenvalue weighted by Crippen LogP contribution is 2.00. The second-order valence-corrected chi connectivity index (χ2v) is 6.07. The molecule has 0 unspecified atom stereocenters. The summed E-state index contributed by atoms with van der Waals surface area (Å²) in [5, 5.41) is 2.51. The zero-order valence-electron chi connectivity index (χ0n) is 8.64. The molecule has 0 aliphatic rings. The Morgan fingerprint density at radius 1 is 1.00 bits per heavy atom. The van der Waals surface area contributed by atoms with E-state index in [1.807, 2.05) is 6.92 Å². The Morgan fingerprint density at radius 2 is 1.67 bits per heavy atom. The Hall–Kier alpha value is 0.452. The molecule has 0 spiro atoms. The predicted molar refractivity (Wildman–Crippen MR) is 53.8 cm³/mol. The van der Waals surface area contributed by atoms with Gasteiger partial charge in [-0.05, 0) is 13.3 Å². The number of rotatable bonds is 8. The van der Waals surface area contributed by atoms with E-state index in [9.17, 15) is 0 Å². The first-order valence-electron chi connectivity index (χ1n) is 5.04. The van der Waals surface area contributed by atoms with Crippen molar-refractivity contribution < 1.29 is 8.53 Å². The van der Waals surface area contributed by atoms with Crippen LogP contribution in [0.1, 0.15) is 27.2 Å². The minimum Gasteiger partial charge on any atom is -0.501 e. The Bertz CT molecular complexity index is 84.6. The summed E-state index contributed by atoms with van der Waals surface area (Å²) in [6.07, 6.45) is 1.05. The van der Waals surface area contributed by atoms with E-state index in [-0.39, 0.29) is 0 Å². The summed E-state index contributed by atoms with van der Waals surface area (Å²) in [4.78, 5) is 0. The topological polar surface area (TPSA) is 18.5 Å². The van der Waals surface area contributed by atoms with Crippen LogP contribution in [0, 0.1) is 0 Å². The normalized spacial score (nSPS) is 10.2. The molecule has 0 amide bonds. The van der Waals surface area contributed by atoms with Crippen LogP contribution in [0.25, 0.3) is 0 Å². The third kappa shape index (κ3) is 7.12. The van der Waals surface area contributed by atoms with Gasteiger partial charge in [0.25, 0.3) is 0 Å². The summed E-state index contributed by atoms with van der Waals surface area (Å²) < 4.78 is 11.0. The fourth-order valence-corrected chi connectivity index (χ4v) is 2.63. The lowest BCUT2D eigenvalue weighted by molar-refractivity contribution is 0.130. The molecule has 12 heavy (non-hydrogen) atoms. The lowest BCUT2D eigenvalue weighted by Crippen LogP contribution is -2.16. The minimum absolute atomic E-state index is 0.799. The number of hydrogen-bond donors (Lipinski definition) is 0. The summed E-state index contributed by atoms with van der Waals surface area (Å²) in [5.74, 6) is 0. The Labute approximate surface area is 81.0 Å². The minimum atomic E-state index is -0.799. The Balaban J connectivity index is 3.06. The maximum absolute atomic E-state index is 5.75. The van der Waals surface area contributed by atoms with Gasteiger partial charge in [0.2, 0.25) is 0 Å². The molecule has 2 nitrogen and oxygen atoms in total. The van der Waals surface area contributed by atoms with Crippen molar-refractivity contribution in [3.63, 3.8) is 0 Å².